The first-order valence-corrected chi connectivity index (χ1v) is 12.1. The summed E-state index contributed by atoms with van der Waals surface area (Å²) < 4.78 is 13.2. The molecule has 0 radical (unpaired) electrons. The van der Waals surface area contributed by atoms with Crippen molar-refractivity contribution < 1.29 is 9.15 Å². The normalized spacial score (nSPS) is 16.4. The van der Waals surface area contributed by atoms with Crippen LogP contribution in [0.2, 0.25) is 0 Å². The quantitative estimate of drug-likeness (QED) is 0.430. The molecule has 35 heavy (non-hydrogen) atoms. The predicted molar refractivity (Wildman–Crippen MR) is 134 cm³/mol. The number of furan rings is 1. The van der Waals surface area contributed by atoms with E-state index in [-0.39, 0.29) is 11.7 Å². The van der Waals surface area contributed by atoms with E-state index in [4.69, 9.17) is 9.15 Å². The Bertz CT molecular complexity index is 1320. The molecule has 1 aliphatic heterocycles. The number of hydrogen-bond donors (Lipinski definition) is 0. The molecule has 0 spiro atoms. The summed E-state index contributed by atoms with van der Waals surface area (Å²) in [7, 11) is 0. The third kappa shape index (κ3) is 4.47. The number of fused-ring (bicyclic) bond motifs is 1. The van der Waals surface area contributed by atoms with Gasteiger partial charge in [-0.2, -0.15) is 9.78 Å². The average molecular weight is 469 g/mol. The number of hydrogen-bond acceptors (Lipinski definition) is 6. The topological polar surface area (TPSA) is 63.7 Å². The third-order valence-corrected chi connectivity index (χ3v) is 6.91. The van der Waals surface area contributed by atoms with E-state index in [1.165, 1.54) is 21.4 Å². The highest BCUT2D eigenvalue weighted by molar-refractivity contribution is 5.57. The second-order valence-electron chi connectivity index (χ2n) is 9.22. The lowest BCUT2D eigenvalue weighted by molar-refractivity contribution is 0.207. The van der Waals surface area contributed by atoms with Crippen molar-refractivity contribution in [3.8, 4) is 11.4 Å². The lowest BCUT2D eigenvalue weighted by atomic mass is 10.1. The fourth-order valence-corrected chi connectivity index (χ4v) is 5.07. The van der Waals surface area contributed by atoms with Gasteiger partial charge in [-0.3, -0.25) is 9.69 Å². The number of benzene rings is 2. The van der Waals surface area contributed by atoms with Crippen molar-refractivity contribution in [3.05, 3.63) is 106 Å². The standard InChI is InChI=1S/C28H28N4O3/c33-28-27(35-25-16-22-6-4-5-7-23(22)17-25)26(18-29-32(28)24-8-2-1-3-9-24)31-13-11-30(12-14-31)19-21-10-15-34-20-21/h1-10,15,18,20,25H,11-14,16-17,19H2. The van der Waals surface area contributed by atoms with Crippen molar-refractivity contribution >= 4 is 5.69 Å². The fourth-order valence-electron chi connectivity index (χ4n) is 5.07. The first-order chi connectivity index (χ1) is 17.2. The summed E-state index contributed by atoms with van der Waals surface area (Å²) in [4.78, 5) is 18.3. The molecule has 4 aromatic rings. The molecule has 0 unspecified atom stereocenters. The SMILES string of the molecule is O=c1c(OC2Cc3ccccc3C2)c(N2CCN(Cc3ccoc3)CC2)cnn1-c1ccccc1. The van der Waals surface area contributed by atoms with Gasteiger partial charge < -0.3 is 14.1 Å². The van der Waals surface area contributed by atoms with Crippen LogP contribution in [0.1, 0.15) is 16.7 Å². The van der Waals surface area contributed by atoms with Gasteiger partial charge >= 0.3 is 5.56 Å². The van der Waals surface area contributed by atoms with Crippen LogP contribution < -0.4 is 15.2 Å². The molecule has 1 saturated heterocycles. The Morgan fingerprint density at radius 2 is 1.63 bits per heavy atom. The molecular formula is C28H28N4O3. The van der Waals surface area contributed by atoms with Gasteiger partial charge in [0.15, 0.2) is 0 Å². The third-order valence-electron chi connectivity index (χ3n) is 6.91. The largest absolute Gasteiger partial charge is 0.482 e. The van der Waals surface area contributed by atoms with Crippen molar-refractivity contribution in [3.63, 3.8) is 0 Å². The van der Waals surface area contributed by atoms with Gasteiger partial charge in [0.2, 0.25) is 5.75 Å². The van der Waals surface area contributed by atoms with Crippen molar-refractivity contribution in [1.29, 1.82) is 0 Å². The summed E-state index contributed by atoms with van der Waals surface area (Å²) in [6, 6.07) is 19.9. The molecule has 178 valence electrons. The first kappa shape index (κ1) is 21.7. The van der Waals surface area contributed by atoms with Crippen molar-refractivity contribution in [2.45, 2.75) is 25.5 Å². The lowest BCUT2D eigenvalue weighted by Crippen LogP contribution is -2.46. The Morgan fingerprint density at radius 1 is 0.914 bits per heavy atom. The Kier molecular flexibility index (Phi) is 5.84. The molecule has 0 saturated carbocycles. The number of piperazine rings is 1. The highest BCUT2D eigenvalue weighted by atomic mass is 16.5. The highest BCUT2D eigenvalue weighted by Crippen LogP contribution is 2.30. The molecule has 0 bridgehead atoms. The maximum absolute atomic E-state index is 13.7. The van der Waals surface area contributed by atoms with Gasteiger partial charge in [0, 0.05) is 51.1 Å². The minimum atomic E-state index is -0.217. The van der Waals surface area contributed by atoms with Crippen molar-refractivity contribution in [2.24, 2.45) is 0 Å². The molecular weight excluding hydrogens is 440 g/mol. The monoisotopic (exact) mass is 468 g/mol. The van der Waals surface area contributed by atoms with Gasteiger partial charge in [0.05, 0.1) is 24.4 Å². The molecule has 2 aromatic heterocycles. The molecule has 0 amide bonds. The molecule has 0 atom stereocenters. The van der Waals surface area contributed by atoms with E-state index in [1.54, 1.807) is 18.7 Å². The number of anilines is 1. The van der Waals surface area contributed by atoms with Crippen LogP contribution in [0.3, 0.4) is 0 Å². The van der Waals surface area contributed by atoms with E-state index in [0.29, 0.717) is 5.75 Å². The number of para-hydroxylation sites is 1. The molecule has 7 nitrogen and oxygen atoms in total. The van der Waals surface area contributed by atoms with Crippen molar-refractivity contribution in [1.82, 2.24) is 14.7 Å². The minimum Gasteiger partial charge on any atom is -0.482 e. The van der Waals surface area contributed by atoms with Gasteiger partial charge in [-0.25, -0.2) is 0 Å². The summed E-state index contributed by atoms with van der Waals surface area (Å²) in [6.07, 6.45) is 6.85. The van der Waals surface area contributed by atoms with E-state index >= 15 is 0 Å². The van der Waals surface area contributed by atoms with Gasteiger partial charge in [0.1, 0.15) is 11.8 Å². The van der Waals surface area contributed by atoms with E-state index in [0.717, 1.165) is 56.9 Å². The lowest BCUT2D eigenvalue weighted by Gasteiger charge is -2.36. The second-order valence-corrected chi connectivity index (χ2v) is 9.22. The Morgan fingerprint density at radius 3 is 2.31 bits per heavy atom. The molecule has 7 heteroatoms. The maximum atomic E-state index is 13.7. The molecule has 0 N–H and O–H groups in total. The Labute approximate surface area is 204 Å². The Hall–Kier alpha value is -3.84. The van der Waals surface area contributed by atoms with E-state index < -0.39 is 0 Å². The zero-order chi connectivity index (χ0) is 23.6. The molecule has 6 rings (SSSR count). The minimum absolute atomic E-state index is 0.0622. The summed E-state index contributed by atoms with van der Waals surface area (Å²) in [5.74, 6) is 0.393. The number of aromatic nitrogens is 2. The number of nitrogens with zero attached hydrogens (tertiary/aromatic N) is 4. The predicted octanol–water partition coefficient (Wildman–Crippen LogP) is 3.69. The Balaban J connectivity index is 1.27. The van der Waals surface area contributed by atoms with Crippen LogP contribution in [0.4, 0.5) is 5.69 Å². The fraction of sp³-hybridized carbons (Fsp3) is 0.286. The van der Waals surface area contributed by atoms with Gasteiger partial charge in [-0.15, -0.1) is 0 Å². The van der Waals surface area contributed by atoms with Crippen LogP contribution in [0.15, 0.2) is 88.6 Å². The number of ether oxygens (including phenoxy) is 1. The van der Waals surface area contributed by atoms with E-state index in [1.807, 2.05) is 36.4 Å². The zero-order valence-electron chi connectivity index (χ0n) is 19.5. The molecule has 1 fully saturated rings. The van der Waals surface area contributed by atoms with Crippen LogP contribution in [-0.2, 0) is 19.4 Å². The first-order valence-electron chi connectivity index (χ1n) is 12.1. The maximum Gasteiger partial charge on any atom is 0.316 e. The summed E-state index contributed by atoms with van der Waals surface area (Å²) in [6.45, 7) is 4.25. The van der Waals surface area contributed by atoms with Crippen LogP contribution in [0, 0.1) is 0 Å². The van der Waals surface area contributed by atoms with Crippen LogP contribution in [-0.4, -0.2) is 47.0 Å². The van der Waals surface area contributed by atoms with Gasteiger partial charge in [0.25, 0.3) is 0 Å². The molecule has 2 aromatic carbocycles. The zero-order valence-corrected chi connectivity index (χ0v) is 19.5. The molecule has 3 heterocycles. The second kappa shape index (κ2) is 9.43. The van der Waals surface area contributed by atoms with Crippen LogP contribution in [0.5, 0.6) is 5.75 Å². The summed E-state index contributed by atoms with van der Waals surface area (Å²) in [5, 5.41) is 4.53. The molecule has 2 aliphatic rings. The number of rotatable bonds is 6. The average Bonchev–Trinajstić information content (AvgIpc) is 3.56. The van der Waals surface area contributed by atoms with Gasteiger partial charge in [-0.05, 0) is 29.3 Å². The highest BCUT2D eigenvalue weighted by Gasteiger charge is 2.28. The summed E-state index contributed by atoms with van der Waals surface area (Å²) in [5.41, 5.74) is 5.06. The van der Waals surface area contributed by atoms with E-state index in [9.17, 15) is 4.79 Å². The van der Waals surface area contributed by atoms with Crippen LogP contribution in [0.25, 0.3) is 5.69 Å². The van der Waals surface area contributed by atoms with Gasteiger partial charge in [-0.1, -0.05) is 42.5 Å². The van der Waals surface area contributed by atoms with Crippen LogP contribution >= 0.6 is 0 Å². The summed E-state index contributed by atoms with van der Waals surface area (Å²) >= 11 is 0. The van der Waals surface area contributed by atoms with E-state index in [2.05, 4.69) is 39.2 Å². The van der Waals surface area contributed by atoms with Crippen molar-refractivity contribution in [2.75, 3.05) is 31.1 Å². The smallest absolute Gasteiger partial charge is 0.316 e. The molecule has 1 aliphatic carbocycles.